The summed E-state index contributed by atoms with van der Waals surface area (Å²) < 4.78 is 0. The van der Waals surface area contributed by atoms with Gasteiger partial charge in [0.2, 0.25) is 0 Å². The van der Waals surface area contributed by atoms with Crippen LogP contribution in [0.25, 0.3) is 0 Å². The number of piperidine rings is 1. The molecule has 0 N–H and O–H groups in total. The average Bonchev–Trinajstić information content (AvgIpc) is 2.39. The number of carbonyl (C=O) groups is 1. The highest BCUT2D eigenvalue weighted by atomic mass is 16.1. The molecular formula is C15H23N3O. The van der Waals surface area contributed by atoms with E-state index in [0.29, 0.717) is 24.1 Å². The van der Waals surface area contributed by atoms with Gasteiger partial charge in [-0.25, -0.2) is 4.98 Å². The van der Waals surface area contributed by atoms with Crippen LogP contribution in [0.2, 0.25) is 0 Å². The molecule has 4 nitrogen and oxygen atoms in total. The third-order valence-electron chi connectivity index (χ3n) is 3.82. The minimum atomic E-state index is 0.128. The first-order chi connectivity index (χ1) is 9.06. The second kappa shape index (κ2) is 6.24. The predicted octanol–water partition coefficient (Wildman–Crippen LogP) is 2.48. The molecule has 2 rings (SSSR count). The normalized spacial score (nSPS) is 20.7. The van der Waals surface area contributed by atoms with Gasteiger partial charge in [0.1, 0.15) is 5.69 Å². The fourth-order valence-electron chi connectivity index (χ4n) is 2.64. The standard InChI is InChI=1S/C15H23N3O/c1-11(2)18-6-4-5-13(10-18)7-15(19)14-9-16-12(3)8-17-14/h8-9,11,13H,4-7,10H2,1-3H3/t13-/m0/s1. The lowest BCUT2D eigenvalue weighted by Crippen LogP contribution is -2.40. The van der Waals surface area contributed by atoms with Crippen LogP contribution in [0.1, 0.15) is 49.3 Å². The third kappa shape index (κ3) is 3.83. The summed E-state index contributed by atoms with van der Waals surface area (Å²) in [4.78, 5) is 23.0. The van der Waals surface area contributed by atoms with Gasteiger partial charge >= 0.3 is 0 Å². The van der Waals surface area contributed by atoms with Crippen molar-refractivity contribution in [3.63, 3.8) is 0 Å². The maximum Gasteiger partial charge on any atom is 0.183 e. The van der Waals surface area contributed by atoms with Crippen molar-refractivity contribution in [3.8, 4) is 0 Å². The number of likely N-dealkylation sites (tertiary alicyclic amines) is 1. The molecule has 0 bridgehead atoms. The van der Waals surface area contributed by atoms with E-state index in [1.54, 1.807) is 12.4 Å². The van der Waals surface area contributed by atoms with Crippen molar-refractivity contribution < 1.29 is 4.79 Å². The Kier molecular flexibility index (Phi) is 4.64. The van der Waals surface area contributed by atoms with Crippen LogP contribution in [-0.4, -0.2) is 39.8 Å². The number of hydrogen-bond acceptors (Lipinski definition) is 4. The van der Waals surface area contributed by atoms with E-state index in [0.717, 1.165) is 25.2 Å². The van der Waals surface area contributed by atoms with E-state index >= 15 is 0 Å². The Labute approximate surface area is 115 Å². The van der Waals surface area contributed by atoms with Crippen molar-refractivity contribution in [3.05, 3.63) is 23.8 Å². The quantitative estimate of drug-likeness (QED) is 0.781. The van der Waals surface area contributed by atoms with E-state index in [1.165, 1.54) is 6.42 Å². The van der Waals surface area contributed by atoms with Crippen molar-refractivity contribution in [1.82, 2.24) is 14.9 Å². The van der Waals surface area contributed by atoms with Crippen molar-refractivity contribution in [2.75, 3.05) is 13.1 Å². The Morgan fingerprint density at radius 3 is 2.84 bits per heavy atom. The van der Waals surface area contributed by atoms with Gasteiger partial charge in [-0.05, 0) is 46.1 Å². The molecule has 0 aromatic carbocycles. The topological polar surface area (TPSA) is 46.1 Å². The second-order valence-electron chi connectivity index (χ2n) is 5.77. The molecular weight excluding hydrogens is 238 g/mol. The maximum atomic E-state index is 12.2. The van der Waals surface area contributed by atoms with Gasteiger partial charge in [-0.1, -0.05) is 0 Å². The summed E-state index contributed by atoms with van der Waals surface area (Å²) in [7, 11) is 0. The first-order valence-electron chi connectivity index (χ1n) is 7.12. The van der Waals surface area contributed by atoms with Crippen LogP contribution < -0.4 is 0 Å². The highest BCUT2D eigenvalue weighted by molar-refractivity contribution is 5.94. The van der Waals surface area contributed by atoms with Gasteiger partial charge in [0.15, 0.2) is 5.78 Å². The van der Waals surface area contributed by atoms with Crippen LogP contribution in [0.15, 0.2) is 12.4 Å². The van der Waals surface area contributed by atoms with Crippen molar-refractivity contribution in [2.24, 2.45) is 5.92 Å². The molecule has 0 radical (unpaired) electrons. The minimum absolute atomic E-state index is 0.128. The van der Waals surface area contributed by atoms with Crippen LogP contribution in [-0.2, 0) is 0 Å². The molecule has 0 amide bonds. The SMILES string of the molecule is Cc1cnc(C(=O)C[C@@H]2CCCN(C(C)C)C2)cn1. The molecule has 19 heavy (non-hydrogen) atoms. The average molecular weight is 261 g/mol. The molecule has 0 spiro atoms. The van der Waals surface area contributed by atoms with E-state index < -0.39 is 0 Å². The van der Waals surface area contributed by atoms with Crippen molar-refractivity contribution in [2.45, 2.75) is 46.1 Å². The first-order valence-corrected chi connectivity index (χ1v) is 7.12. The monoisotopic (exact) mass is 261 g/mol. The van der Waals surface area contributed by atoms with Crippen LogP contribution >= 0.6 is 0 Å². The third-order valence-corrected chi connectivity index (χ3v) is 3.82. The van der Waals surface area contributed by atoms with Gasteiger partial charge in [0.05, 0.1) is 11.9 Å². The van der Waals surface area contributed by atoms with Gasteiger partial charge in [-0.3, -0.25) is 9.78 Å². The molecule has 0 aliphatic carbocycles. The van der Waals surface area contributed by atoms with E-state index in [9.17, 15) is 4.79 Å². The lowest BCUT2D eigenvalue weighted by molar-refractivity contribution is 0.0885. The molecule has 4 heteroatoms. The van der Waals surface area contributed by atoms with E-state index in [-0.39, 0.29) is 5.78 Å². The Morgan fingerprint density at radius 1 is 1.42 bits per heavy atom. The zero-order valence-electron chi connectivity index (χ0n) is 12.1. The summed E-state index contributed by atoms with van der Waals surface area (Å²) in [6, 6.07) is 0.567. The number of nitrogens with zero attached hydrogens (tertiary/aromatic N) is 3. The van der Waals surface area contributed by atoms with Crippen LogP contribution in [0.3, 0.4) is 0 Å². The molecule has 0 unspecified atom stereocenters. The predicted molar refractivity (Wildman–Crippen MR) is 75.1 cm³/mol. The molecule has 1 aliphatic heterocycles. The van der Waals surface area contributed by atoms with Crippen LogP contribution in [0, 0.1) is 12.8 Å². The van der Waals surface area contributed by atoms with E-state index in [1.807, 2.05) is 6.92 Å². The van der Waals surface area contributed by atoms with Crippen molar-refractivity contribution >= 4 is 5.78 Å². The molecule has 1 fully saturated rings. The largest absolute Gasteiger partial charge is 0.301 e. The smallest absolute Gasteiger partial charge is 0.183 e. The summed E-state index contributed by atoms with van der Waals surface area (Å²) in [5.74, 6) is 0.592. The molecule has 1 atom stereocenters. The van der Waals surface area contributed by atoms with Gasteiger partial charge in [0, 0.05) is 25.2 Å². The number of aromatic nitrogens is 2. The number of rotatable bonds is 4. The summed E-state index contributed by atoms with van der Waals surface area (Å²) in [6.07, 6.45) is 6.19. The number of ketones is 1. The molecule has 1 aliphatic rings. The van der Waals surface area contributed by atoms with Gasteiger partial charge < -0.3 is 4.90 Å². The highest BCUT2D eigenvalue weighted by Gasteiger charge is 2.24. The second-order valence-corrected chi connectivity index (χ2v) is 5.77. The number of hydrogen-bond donors (Lipinski definition) is 0. The van der Waals surface area contributed by atoms with Gasteiger partial charge in [-0.15, -0.1) is 0 Å². The summed E-state index contributed by atoms with van der Waals surface area (Å²) in [5, 5.41) is 0. The summed E-state index contributed by atoms with van der Waals surface area (Å²) >= 11 is 0. The highest BCUT2D eigenvalue weighted by Crippen LogP contribution is 2.22. The summed E-state index contributed by atoms with van der Waals surface area (Å²) in [5.41, 5.74) is 1.35. The van der Waals surface area contributed by atoms with Crippen LogP contribution in [0.5, 0.6) is 0 Å². The summed E-state index contributed by atoms with van der Waals surface area (Å²) in [6.45, 7) is 8.50. The Morgan fingerprint density at radius 2 is 2.21 bits per heavy atom. The lowest BCUT2D eigenvalue weighted by Gasteiger charge is -2.35. The van der Waals surface area contributed by atoms with Gasteiger partial charge in [0.25, 0.3) is 0 Å². The Bertz CT molecular complexity index is 428. The molecule has 1 aromatic heterocycles. The Hall–Kier alpha value is -1.29. The molecule has 1 saturated heterocycles. The minimum Gasteiger partial charge on any atom is -0.301 e. The number of carbonyl (C=O) groups excluding carboxylic acids is 1. The molecule has 2 heterocycles. The first kappa shape index (κ1) is 14.1. The Balaban J connectivity index is 1.93. The van der Waals surface area contributed by atoms with Gasteiger partial charge in [-0.2, -0.15) is 0 Å². The van der Waals surface area contributed by atoms with E-state index in [2.05, 4.69) is 28.7 Å². The van der Waals surface area contributed by atoms with Crippen molar-refractivity contribution in [1.29, 1.82) is 0 Å². The zero-order chi connectivity index (χ0) is 13.8. The number of Topliss-reactive ketones (excluding diaryl/α,β-unsaturated/α-hetero) is 1. The van der Waals surface area contributed by atoms with E-state index in [4.69, 9.17) is 0 Å². The molecule has 104 valence electrons. The van der Waals surface area contributed by atoms with Crippen LogP contribution in [0.4, 0.5) is 0 Å². The molecule has 0 saturated carbocycles. The number of aryl methyl sites for hydroxylation is 1. The fraction of sp³-hybridized carbons (Fsp3) is 0.667. The molecule has 1 aromatic rings. The fourth-order valence-corrected chi connectivity index (χ4v) is 2.64. The lowest BCUT2D eigenvalue weighted by atomic mass is 9.91. The maximum absolute atomic E-state index is 12.2. The zero-order valence-corrected chi connectivity index (χ0v) is 12.1.